The van der Waals surface area contributed by atoms with Crippen molar-refractivity contribution < 1.29 is 0 Å². The second-order valence-electron chi connectivity index (χ2n) is 15.6. The van der Waals surface area contributed by atoms with E-state index in [1.165, 1.54) is 86.2 Å². The van der Waals surface area contributed by atoms with Gasteiger partial charge in [0.15, 0.2) is 0 Å². The molecule has 1 nitrogen and oxygen atoms in total. The molecule has 10 aromatic carbocycles. The molecule has 11 aromatic rings. The van der Waals surface area contributed by atoms with Gasteiger partial charge in [0.2, 0.25) is 0 Å². The van der Waals surface area contributed by atoms with Crippen LogP contribution >= 0.6 is 11.3 Å². The van der Waals surface area contributed by atoms with Gasteiger partial charge in [-0.3, -0.25) is 0 Å². The highest BCUT2D eigenvalue weighted by Gasteiger charge is 2.45. The highest BCUT2D eigenvalue weighted by Crippen LogP contribution is 2.56. The topological polar surface area (TPSA) is 3.24 Å². The van der Waals surface area contributed by atoms with Crippen LogP contribution in [0.5, 0.6) is 0 Å². The van der Waals surface area contributed by atoms with Crippen LogP contribution in [0.2, 0.25) is 0 Å². The molecule has 0 aliphatic heterocycles. The van der Waals surface area contributed by atoms with E-state index >= 15 is 0 Å². The third kappa shape index (κ3) is 5.17. The summed E-state index contributed by atoms with van der Waals surface area (Å²) in [7, 11) is 0. The van der Waals surface area contributed by atoms with Crippen molar-refractivity contribution in [3.63, 3.8) is 0 Å². The Bertz CT molecular complexity index is 3330. The molecule has 0 saturated heterocycles. The molecule has 0 saturated carbocycles. The summed E-state index contributed by atoms with van der Waals surface area (Å²) in [6.07, 6.45) is 0. The third-order valence-electron chi connectivity index (χ3n) is 12.5. The van der Waals surface area contributed by atoms with E-state index in [1.54, 1.807) is 0 Å². The van der Waals surface area contributed by atoms with Gasteiger partial charge in [0.1, 0.15) is 0 Å². The molecule has 12 rings (SSSR count). The van der Waals surface area contributed by atoms with E-state index in [-0.39, 0.29) is 0 Å². The maximum Gasteiger partial charge on any atom is 0.0713 e. The number of rotatable bonds is 6. The molecule has 0 N–H and O–H groups in total. The molecule has 0 amide bonds. The summed E-state index contributed by atoms with van der Waals surface area (Å²) in [4.78, 5) is 2.45. The first-order valence-electron chi connectivity index (χ1n) is 20.3. The Kier molecular flexibility index (Phi) is 7.69. The zero-order valence-corrected chi connectivity index (χ0v) is 33.0. The zero-order valence-electron chi connectivity index (χ0n) is 32.2. The van der Waals surface area contributed by atoms with E-state index in [4.69, 9.17) is 0 Å². The second-order valence-corrected chi connectivity index (χ2v) is 16.7. The molecule has 0 atom stereocenters. The molecule has 0 spiro atoms. The van der Waals surface area contributed by atoms with Gasteiger partial charge in [-0.1, -0.05) is 182 Å². The number of benzene rings is 10. The Morgan fingerprint density at radius 2 is 0.864 bits per heavy atom. The molecule has 0 fully saturated rings. The first kappa shape index (κ1) is 33.8. The van der Waals surface area contributed by atoms with Crippen LogP contribution in [0.4, 0.5) is 17.1 Å². The fourth-order valence-corrected chi connectivity index (χ4v) is 11.1. The molecule has 0 bridgehead atoms. The lowest BCUT2D eigenvalue weighted by Gasteiger charge is -2.34. The monoisotopic (exact) mass is 767 g/mol. The maximum absolute atomic E-state index is 2.45. The van der Waals surface area contributed by atoms with Gasteiger partial charge >= 0.3 is 0 Å². The molecule has 0 unspecified atom stereocenters. The van der Waals surface area contributed by atoms with Crippen molar-refractivity contribution in [3.05, 3.63) is 247 Å². The highest BCUT2D eigenvalue weighted by molar-refractivity contribution is 7.25. The fraction of sp³-hybridized carbons (Fsp3) is 0.0175. The van der Waals surface area contributed by atoms with Crippen molar-refractivity contribution in [3.8, 4) is 22.3 Å². The third-order valence-corrected chi connectivity index (χ3v) is 13.7. The van der Waals surface area contributed by atoms with E-state index < -0.39 is 5.41 Å². The molecule has 1 aromatic heterocycles. The maximum atomic E-state index is 2.45. The second kappa shape index (κ2) is 13.4. The summed E-state index contributed by atoms with van der Waals surface area (Å²) in [6, 6.07) is 83.1. The summed E-state index contributed by atoms with van der Waals surface area (Å²) < 4.78 is 2.65. The van der Waals surface area contributed by atoms with E-state index in [0.29, 0.717) is 0 Å². The molecule has 59 heavy (non-hydrogen) atoms. The smallest absolute Gasteiger partial charge is 0.0713 e. The summed E-state index contributed by atoms with van der Waals surface area (Å²) in [5, 5.41) is 7.60. The predicted octanol–water partition coefficient (Wildman–Crippen LogP) is 15.9. The Morgan fingerprint density at radius 3 is 1.59 bits per heavy atom. The quantitative estimate of drug-likeness (QED) is 0.152. The van der Waals surface area contributed by atoms with E-state index in [2.05, 4.69) is 229 Å². The summed E-state index contributed by atoms with van der Waals surface area (Å²) in [6.45, 7) is 0. The van der Waals surface area contributed by atoms with Gasteiger partial charge in [0, 0.05) is 36.9 Å². The van der Waals surface area contributed by atoms with Crippen molar-refractivity contribution in [2.24, 2.45) is 0 Å². The summed E-state index contributed by atoms with van der Waals surface area (Å²) in [5.74, 6) is 0. The van der Waals surface area contributed by atoms with Gasteiger partial charge in [-0.05, 0) is 103 Å². The fourth-order valence-electron chi connectivity index (χ4n) is 9.93. The van der Waals surface area contributed by atoms with Crippen molar-refractivity contribution in [2.45, 2.75) is 5.41 Å². The van der Waals surface area contributed by atoms with Crippen LogP contribution in [0.25, 0.3) is 64.0 Å². The van der Waals surface area contributed by atoms with Crippen LogP contribution in [0.15, 0.2) is 224 Å². The van der Waals surface area contributed by atoms with E-state index in [1.807, 2.05) is 11.3 Å². The molecule has 0 radical (unpaired) electrons. The summed E-state index contributed by atoms with van der Waals surface area (Å²) >= 11 is 1.87. The van der Waals surface area contributed by atoms with Crippen LogP contribution in [0.3, 0.4) is 0 Å². The van der Waals surface area contributed by atoms with E-state index in [9.17, 15) is 0 Å². The number of fused-ring (bicyclic) bond motifs is 9. The van der Waals surface area contributed by atoms with Gasteiger partial charge < -0.3 is 4.90 Å². The van der Waals surface area contributed by atoms with Gasteiger partial charge in [-0.2, -0.15) is 0 Å². The van der Waals surface area contributed by atoms with Crippen molar-refractivity contribution in [1.82, 2.24) is 0 Å². The molecule has 1 aliphatic carbocycles. The normalized spacial score (nSPS) is 12.9. The Morgan fingerprint density at radius 1 is 0.339 bits per heavy atom. The largest absolute Gasteiger partial charge is 0.310 e. The number of thiophene rings is 1. The Balaban J connectivity index is 1.04. The number of nitrogens with zero attached hydrogens (tertiary/aromatic N) is 1. The van der Waals surface area contributed by atoms with Gasteiger partial charge in [0.25, 0.3) is 0 Å². The van der Waals surface area contributed by atoms with Crippen LogP contribution in [-0.4, -0.2) is 0 Å². The average Bonchev–Trinajstić information content (AvgIpc) is 3.83. The van der Waals surface area contributed by atoms with Crippen LogP contribution in [0, 0.1) is 0 Å². The number of hydrogen-bond donors (Lipinski definition) is 0. The van der Waals surface area contributed by atoms with Gasteiger partial charge in [-0.15, -0.1) is 11.3 Å². The van der Waals surface area contributed by atoms with Crippen LogP contribution in [-0.2, 0) is 5.41 Å². The Hall–Kier alpha value is -7.26. The first-order valence-corrected chi connectivity index (χ1v) is 21.2. The minimum absolute atomic E-state index is 0.454. The van der Waals surface area contributed by atoms with Crippen molar-refractivity contribution in [1.29, 1.82) is 0 Å². The standard InChI is InChI=1S/C57H37NS/c1-2-15-41(16-3-1)57(52-23-11-8-19-47(52)48-20-9-12-24-53(48)57)42-29-33-44(34-30-42)58(54-36-40-14-4-5-17-45(40)46-18-6-7-21-49(46)54)43-31-26-38(27-32-43)39-28-35-51-50-22-10-13-25-55(50)59-56(51)37-39/h1-37H. The first-order chi connectivity index (χ1) is 29.3. The van der Waals surface area contributed by atoms with Crippen LogP contribution in [0.1, 0.15) is 22.3 Å². The molecular formula is C57H37NS. The van der Waals surface area contributed by atoms with Crippen molar-refractivity contribution in [2.75, 3.05) is 4.90 Å². The lowest BCUT2D eigenvalue weighted by atomic mass is 9.68. The summed E-state index contributed by atoms with van der Waals surface area (Å²) in [5.41, 5.74) is 13.1. The molecule has 1 aliphatic rings. The van der Waals surface area contributed by atoms with Gasteiger partial charge in [0.05, 0.1) is 11.1 Å². The molecule has 276 valence electrons. The Labute approximate surface area is 347 Å². The minimum Gasteiger partial charge on any atom is -0.310 e. The van der Waals surface area contributed by atoms with Crippen molar-refractivity contribution >= 4 is 70.1 Å². The lowest BCUT2D eigenvalue weighted by Crippen LogP contribution is -2.28. The SMILES string of the molecule is c1ccc(C2(c3ccc(N(c4ccc(-c5ccc6c(c5)sc5ccccc56)cc4)c4cc5ccccc5c5ccccc45)cc3)c3ccccc3-c3ccccc32)cc1. The number of anilines is 3. The molecule has 1 heterocycles. The zero-order chi connectivity index (χ0) is 38.9. The van der Waals surface area contributed by atoms with Gasteiger partial charge in [-0.25, -0.2) is 0 Å². The lowest BCUT2D eigenvalue weighted by molar-refractivity contribution is 0.768. The number of hydrogen-bond acceptors (Lipinski definition) is 2. The predicted molar refractivity (Wildman–Crippen MR) is 252 cm³/mol. The minimum atomic E-state index is -0.454. The van der Waals surface area contributed by atoms with Crippen LogP contribution < -0.4 is 4.90 Å². The molecule has 2 heteroatoms. The highest BCUT2D eigenvalue weighted by atomic mass is 32.1. The average molecular weight is 768 g/mol. The van der Waals surface area contributed by atoms with E-state index in [0.717, 1.165) is 17.1 Å². The molecular weight excluding hydrogens is 731 g/mol.